The molecule has 0 aliphatic carbocycles. The van der Waals surface area contributed by atoms with Gasteiger partial charge in [-0.2, -0.15) is 0 Å². The Kier molecular flexibility index (Phi) is 8.18. The monoisotopic (exact) mass is 452 g/mol. The molecule has 2 nitrogen and oxygen atoms in total. The highest BCUT2D eigenvalue weighted by Gasteiger charge is 2.06. The third-order valence-corrected chi connectivity index (χ3v) is 5.26. The summed E-state index contributed by atoms with van der Waals surface area (Å²) in [5, 5.41) is 0. The van der Waals surface area contributed by atoms with Crippen LogP contribution in [0.5, 0.6) is 11.5 Å². The molecule has 152 valence electrons. The zero-order valence-corrected chi connectivity index (χ0v) is 18.9. The fourth-order valence-corrected chi connectivity index (χ4v) is 3.57. The average molecular weight is 453 g/mol. The highest BCUT2D eigenvalue weighted by molar-refractivity contribution is 9.10. The third kappa shape index (κ3) is 6.37. The van der Waals surface area contributed by atoms with E-state index in [9.17, 15) is 0 Å². The Morgan fingerprint density at radius 3 is 1.38 bits per heavy atom. The van der Waals surface area contributed by atoms with Crippen molar-refractivity contribution in [2.45, 2.75) is 39.5 Å². The molecule has 0 spiro atoms. The summed E-state index contributed by atoms with van der Waals surface area (Å²) in [5.41, 5.74) is 4.71. The number of hydrogen-bond donors (Lipinski definition) is 0. The van der Waals surface area contributed by atoms with Crippen LogP contribution in [0.1, 0.15) is 39.5 Å². The number of benzene rings is 3. The van der Waals surface area contributed by atoms with E-state index in [1.807, 2.05) is 24.3 Å². The topological polar surface area (TPSA) is 18.5 Å². The molecule has 0 N–H and O–H groups in total. The minimum absolute atomic E-state index is 0.773. The first-order valence-corrected chi connectivity index (χ1v) is 11.3. The second kappa shape index (κ2) is 11.1. The van der Waals surface area contributed by atoms with Crippen molar-refractivity contribution in [2.24, 2.45) is 0 Å². The molecule has 3 heteroatoms. The van der Waals surface area contributed by atoms with Crippen LogP contribution in [0, 0.1) is 0 Å². The van der Waals surface area contributed by atoms with E-state index in [1.165, 1.54) is 22.3 Å². The van der Waals surface area contributed by atoms with Crippen molar-refractivity contribution in [1.29, 1.82) is 0 Å². The second-order valence-corrected chi connectivity index (χ2v) is 8.10. The van der Waals surface area contributed by atoms with Gasteiger partial charge >= 0.3 is 0 Å². The van der Waals surface area contributed by atoms with Crippen molar-refractivity contribution in [2.75, 3.05) is 13.2 Å². The van der Waals surface area contributed by atoms with Gasteiger partial charge in [0.2, 0.25) is 0 Å². The zero-order valence-electron chi connectivity index (χ0n) is 17.3. The van der Waals surface area contributed by atoms with Crippen LogP contribution in [0.15, 0.2) is 71.2 Å². The van der Waals surface area contributed by atoms with E-state index < -0.39 is 0 Å². The van der Waals surface area contributed by atoms with Gasteiger partial charge in [0.25, 0.3) is 0 Å². The van der Waals surface area contributed by atoms with E-state index in [1.54, 1.807) is 0 Å². The SMILES string of the molecule is CCCCOc1ccc(-c2cc(Br)cc(-c3ccc(OCCCC)cc3)c2)cc1. The van der Waals surface area contributed by atoms with E-state index in [2.05, 4.69) is 72.2 Å². The summed E-state index contributed by atoms with van der Waals surface area (Å²) >= 11 is 3.67. The number of ether oxygens (including phenoxy) is 2. The molecule has 0 unspecified atom stereocenters. The lowest BCUT2D eigenvalue weighted by atomic mass is 9.99. The summed E-state index contributed by atoms with van der Waals surface area (Å²) in [6.07, 6.45) is 4.45. The molecule has 0 saturated heterocycles. The molecular weight excluding hydrogens is 424 g/mol. The van der Waals surface area contributed by atoms with Crippen molar-refractivity contribution in [3.8, 4) is 33.8 Å². The van der Waals surface area contributed by atoms with Crippen LogP contribution in [0.3, 0.4) is 0 Å². The summed E-state index contributed by atoms with van der Waals surface area (Å²) in [7, 11) is 0. The van der Waals surface area contributed by atoms with Crippen molar-refractivity contribution in [3.05, 3.63) is 71.2 Å². The molecule has 3 aromatic rings. The Morgan fingerprint density at radius 1 is 0.586 bits per heavy atom. The Balaban J connectivity index is 1.76. The van der Waals surface area contributed by atoms with Gasteiger partial charge in [0, 0.05) is 4.47 Å². The maximum absolute atomic E-state index is 5.78. The Hall–Kier alpha value is -2.26. The fraction of sp³-hybridized carbons (Fsp3) is 0.308. The molecule has 3 rings (SSSR count). The van der Waals surface area contributed by atoms with Gasteiger partial charge in [0.05, 0.1) is 13.2 Å². The molecule has 0 aliphatic rings. The van der Waals surface area contributed by atoms with Crippen molar-refractivity contribution in [3.63, 3.8) is 0 Å². The summed E-state index contributed by atoms with van der Waals surface area (Å²) in [6, 6.07) is 23.2. The smallest absolute Gasteiger partial charge is 0.119 e. The minimum Gasteiger partial charge on any atom is -0.494 e. The van der Waals surface area contributed by atoms with Crippen molar-refractivity contribution >= 4 is 15.9 Å². The molecular formula is C26H29BrO2. The van der Waals surface area contributed by atoms with Gasteiger partial charge in [-0.15, -0.1) is 0 Å². The van der Waals surface area contributed by atoms with Crippen LogP contribution in [0.25, 0.3) is 22.3 Å². The van der Waals surface area contributed by atoms with Crippen LogP contribution in [0.4, 0.5) is 0 Å². The molecule has 0 aromatic heterocycles. The lowest BCUT2D eigenvalue weighted by molar-refractivity contribution is 0.309. The second-order valence-electron chi connectivity index (χ2n) is 7.18. The first kappa shape index (κ1) is 21.4. The Bertz CT molecular complexity index is 814. The molecule has 0 saturated carbocycles. The van der Waals surface area contributed by atoms with Gasteiger partial charge in [-0.3, -0.25) is 0 Å². The van der Waals surface area contributed by atoms with E-state index in [-0.39, 0.29) is 0 Å². The fourth-order valence-electron chi connectivity index (χ4n) is 3.08. The van der Waals surface area contributed by atoms with Crippen molar-refractivity contribution in [1.82, 2.24) is 0 Å². The van der Waals surface area contributed by atoms with Crippen LogP contribution in [0.2, 0.25) is 0 Å². The van der Waals surface area contributed by atoms with E-state index in [0.29, 0.717) is 0 Å². The third-order valence-electron chi connectivity index (χ3n) is 4.81. The van der Waals surface area contributed by atoms with Crippen molar-refractivity contribution < 1.29 is 9.47 Å². The van der Waals surface area contributed by atoms with Gasteiger partial charge in [-0.25, -0.2) is 0 Å². The highest BCUT2D eigenvalue weighted by atomic mass is 79.9. The van der Waals surface area contributed by atoms with Crippen LogP contribution in [-0.4, -0.2) is 13.2 Å². The van der Waals surface area contributed by atoms with Gasteiger partial charge in [0.1, 0.15) is 11.5 Å². The summed E-state index contributed by atoms with van der Waals surface area (Å²) < 4.78 is 12.6. The number of hydrogen-bond acceptors (Lipinski definition) is 2. The largest absolute Gasteiger partial charge is 0.494 e. The predicted molar refractivity (Wildman–Crippen MR) is 126 cm³/mol. The van der Waals surface area contributed by atoms with Gasteiger partial charge in [0.15, 0.2) is 0 Å². The summed E-state index contributed by atoms with van der Waals surface area (Å²) in [5.74, 6) is 1.85. The molecule has 0 heterocycles. The molecule has 29 heavy (non-hydrogen) atoms. The molecule has 0 aliphatic heterocycles. The van der Waals surface area contributed by atoms with Crippen LogP contribution >= 0.6 is 15.9 Å². The minimum atomic E-state index is 0.773. The average Bonchev–Trinajstić information content (AvgIpc) is 2.75. The first-order valence-electron chi connectivity index (χ1n) is 10.5. The number of halogens is 1. The van der Waals surface area contributed by atoms with Crippen LogP contribution < -0.4 is 9.47 Å². The molecule has 0 bridgehead atoms. The summed E-state index contributed by atoms with van der Waals surface area (Å²) in [6.45, 7) is 5.89. The quantitative estimate of drug-likeness (QED) is 0.289. The van der Waals surface area contributed by atoms with E-state index in [0.717, 1.165) is 54.9 Å². The Morgan fingerprint density at radius 2 is 1.00 bits per heavy atom. The molecule has 0 fully saturated rings. The number of rotatable bonds is 10. The molecule has 0 atom stereocenters. The molecule has 0 radical (unpaired) electrons. The van der Waals surface area contributed by atoms with Gasteiger partial charge < -0.3 is 9.47 Å². The zero-order chi connectivity index (χ0) is 20.5. The Labute approximate surface area is 183 Å². The standard InChI is InChI=1S/C26H29BrO2/c1-3-5-15-28-25-11-7-20(8-12-25)22-17-23(19-24(27)18-22)21-9-13-26(14-10-21)29-16-6-4-2/h7-14,17-19H,3-6,15-16H2,1-2H3. The molecule has 3 aromatic carbocycles. The number of unbranched alkanes of at least 4 members (excludes halogenated alkanes) is 2. The lowest BCUT2D eigenvalue weighted by Gasteiger charge is -2.10. The predicted octanol–water partition coefficient (Wildman–Crippen LogP) is 8.14. The van der Waals surface area contributed by atoms with Gasteiger partial charge in [-0.1, -0.05) is 66.9 Å². The molecule has 0 amide bonds. The van der Waals surface area contributed by atoms with E-state index in [4.69, 9.17) is 9.47 Å². The highest BCUT2D eigenvalue weighted by Crippen LogP contribution is 2.32. The van der Waals surface area contributed by atoms with Crippen LogP contribution in [-0.2, 0) is 0 Å². The first-order chi connectivity index (χ1) is 14.2. The lowest BCUT2D eigenvalue weighted by Crippen LogP contribution is -1.96. The van der Waals surface area contributed by atoms with E-state index >= 15 is 0 Å². The normalized spacial score (nSPS) is 10.7. The maximum atomic E-state index is 5.78. The van der Waals surface area contributed by atoms with Gasteiger partial charge in [-0.05, 0) is 77.6 Å². The maximum Gasteiger partial charge on any atom is 0.119 e. The summed E-state index contributed by atoms with van der Waals surface area (Å²) in [4.78, 5) is 0.